The lowest BCUT2D eigenvalue weighted by Crippen LogP contribution is -2.50. The van der Waals surface area contributed by atoms with E-state index in [-0.39, 0.29) is 25.0 Å². The summed E-state index contributed by atoms with van der Waals surface area (Å²) >= 11 is -1.02. The number of carbonyl (C=O) groups is 2. The van der Waals surface area contributed by atoms with Gasteiger partial charge in [0.15, 0.2) is 11.5 Å². The molecule has 2 fully saturated rings. The second kappa shape index (κ2) is 12.3. The minimum atomic E-state index is -1.02. The SMILES string of the molecule is COc1c(CNC(=O)c2cc(C3CC3)nn2C)cccc1OCc1ccc(C(=O)N2CCN([S+](C)[O-])CC2)cn1. The third kappa shape index (κ3) is 6.40. The molecule has 1 aliphatic carbocycles. The van der Waals surface area contributed by atoms with E-state index in [1.165, 1.54) is 0 Å². The van der Waals surface area contributed by atoms with Crippen molar-refractivity contribution in [3.63, 3.8) is 0 Å². The van der Waals surface area contributed by atoms with Crippen molar-refractivity contribution in [1.82, 2.24) is 29.3 Å². The number of pyridine rings is 1. The topological polar surface area (TPSA) is 125 Å². The Hall–Kier alpha value is -3.61. The summed E-state index contributed by atoms with van der Waals surface area (Å²) in [5, 5.41) is 7.42. The van der Waals surface area contributed by atoms with E-state index in [0.29, 0.717) is 60.5 Å². The molecule has 11 nitrogen and oxygen atoms in total. The fourth-order valence-corrected chi connectivity index (χ4v) is 5.39. The monoisotopic (exact) mass is 566 g/mol. The van der Waals surface area contributed by atoms with Crippen LogP contribution in [0.4, 0.5) is 0 Å². The van der Waals surface area contributed by atoms with Crippen molar-refractivity contribution in [1.29, 1.82) is 0 Å². The Kier molecular flexibility index (Phi) is 8.57. The predicted molar refractivity (Wildman–Crippen MR) is 149 cm³/mol. The third-order valence-corrected chi connectivity index (χ3v) is 8.26. The van der Waals surface area contributed by atoms with Gasteiger partial charge in [0.25, 0.3) is 11.8 Å². The first-order valence-electron chi connectivity index (χ1n) is 13.3. The molecule has 1 saturated carbocycles. The van der Waals surface area contributed by atoms with Gasteiger partial charge in [0, 0.05) is 55.7 Å². The largest absolute Gasteiger partial charge is 0.598 e. The quantitative estimate of drug-likeness (QED) is 0.371. The van der Waals surface area contributed by atoms with Crippen molar-refractivity contribution in [2.24, 2.45) is 7.05 Å². The maximum absolute atomic E-state index is 12.8. The average Bonchev–Trinajstić information content (AvgIpc) is 3.75. The second-order valence-electron chi connectivity index (χ2n) is 9.96. The fourth-order valence-electron chi connectivity index (χ4n) is 4.71. The molecule has 5 rings (SSSR count). The van der Waals surface area contributed by atoms with Crippen LogP contribution in [0.5, 0.6) is 11.5 Å². The number of hydrogen-bond acceptors (Lipinski definition) is 8. The zero-order valence-corrected chi connectivity index (χ0v) is 23.8. The van der Waals surface area contributed by atoms with Gasteiger partial charge in [-0.15, -0.1) is 4.31 Å². The third-order valence-electron chi connectivity index (χ3n) is 7.17. The van der Waals surface area contributed by atoms with Gasteiger partial charge in [-0.25, -0.2) is 0 Å². The number of ether oxygens (including phenoxy) is 2. The van der Waals surface area contributed by atoms with E-state index in [0.717, 1.165) is 24.1 Å². The number of benzene rings is 1. The summed E-state index contributed by atoms with van der Waals surface area (Å²) < 4.78 is 26.7. The zero-order chi connectivity index (χ0) is 28.2. The number of nitrogens with one attached hydrogen (secondary N) is 1. The van der Waals surface area contributed by atoms with Gasteiger partial charge in [-0.2, -0.15) is 5.10 Å². The Balaban J connectivity index is 1.17. The molecule has 0 radical (unpaired) electrons. The summed E-state index contributed by atoms with van der Waals surface area (Å²) in [5.74, 6) is 1.25. The lowest BCUT2D eigenvalue weighted by atomic mass is 10.1. The number of aryl methyl sites for hydroxylation is 1. The standard InChI is InChI=1S/C28H34N6O5S/c1-32-24(15-23(31-32)19-7-8-19)27(35)30-16-20-5-4-6-25(26(20)38-2)39-18-22-10-9-21(17-29-22)28(36)33-11-13-34(14-12-33)40(3)37/h4-6,9-10,15,17,19H,7-8,11-14,16,18H2,1-3H3,(H,30,35). The summed E-state index contributed by atoms with van der Waals surface area (Å²) in [5.41, 5.74) is 3.44. The summed E-state index contributed by atoms with van der Waals surface area (Å²) in [6.07, 6.45) is 5.46. The van der Waals surface area contributed by atoms with Crippen molar-refractivity contribution in [2.75, 3.05) is 39.5 Å². The van der Waals surface area contributed by atoms with E-state index in [4.69, 9.17) is 9.47 Å². The molecule has 1 unspecified atom stereocenters. The van der Waals surface area contributed by atoms with Gasteiger partial charge in [0.05, 0.1) is 37.2 Å². The average molecular weight is 567 g/mol. The number of nitrogens with zero attached hydrogens (tertiary/aromatic N) is 5. The van der Waals surface area contributed by atoms with Crippen LogP contribution in [-0.2, 0) is 31.6 Å². The molecule has 2 aromatic heterocycles. The summed E-state index contributed by atoms with van der Waals surface area (Å²) in [4.78, 5) is 31.8. The van der Waals surface area contributed by atoms with E-state index in [9.17, 15) is 14.1 Å². The van der Waals surface area contributed by atoms with Crippen LogP contribution >= 0.6 is 0 Å². The Bertz CT molecular complexity index is 1350. The number of hydrogen-bond donors (Lipinski definition) is 1. The molecule has 3 aromatic rings. The molecule has 1 N–H and O–H groups in total. The number of rotatable bonds is 10. The molecule has 1 aliphatic heterocycles. The zero-order valence-electron chi connectivity index (χ0n) is 23.0. The number of piperazine rings is 1. The maximum atomic E-state index is 12.8. The van der Waals surface area contributed by atoms with E-state index in [1.54, 1.807) is 54.4 Å². The Morgan fingerprint density at radius 2 is 1.93 bits per heavy atom. The molecule has 0 spiro atoms. The molecule has 212 valence electrons. The molecule has 2 amide bonds. The maximum Gasteiger partial charge on any atom is 0.269 e. The van der Waals surface area contributed by atoms with Gasteiger partial charge in [-0.3, -0.25) is 19.3 Å². The summed E-state index contributed by atoms with van der Waals surface area (Å²) in [7, 11) is 3.34. The van der Waals surface area contributed by atoms with E-state index in [1.807, 2.05) is 22.5 Å². The molecule has 12 heteroatoms. The highest BCUT2D eigenvalue weighted by Crippen LogP contribution is 2.39. The second-order valence-corrected chi connectivity index (χ2v) is 11.3. The highest BCUT2D eigenvalue weighted by molar-refractivity contribution is 7.88. The Morgan fingerprint density at radius 1 is 1.15 bits per heavy atom. The smallest absolute Gasteiger partial charge is 0.269 e. The fraction of sp³-hybridized carbons (Fsp3) is 0.429. The highest BCUT2D eigenvalue weighted by atomic mass is 32.2. The predicted octanol–water partition coefficient (Wildman–Crippen LogP) is 2.26. The summed E-state index contributed by atoms with van der Waals surface area (Å²) in [6, 6.07) is 10.9. The molecule has 40 heavy (non-hydrogen) atoms. The molecule has 3 heterocycles. The first-order chi connectivity index (χ1) is 19.3. The summed E-state index contributed by atoms with van der Waals surface area (Å²) in [6.45, 7) is 2.68. The normalized spacial score (nSPS) is 16.4. The van der Waals surface area contributed by atoms with E-state index in [2.05, 4.69) is 15.4 Å². The minimum Gasteiger partial charge on any atom is -0.598 e. The van der Waals surface area contributed by atoms with Crippen LogP contribution in [0.2, 0.25) is 0 Å². The van der Waals surface area contributed by atoms with Crippen molar-refractivity contribution < 1.29 is 23.6 Å². The number of aromatic nitrogens is 3. The van der Waals surface area contributed by atoms with Crippen molar-refractivity contribution in [2.45, 2.75) is 31.9 Å². The van der Waals surface area contributed by atoms with E-state index >= 15 is 0 Å². The van der Waals surface area contributed by atoms with Crippen LogP contribution in [0.1, 0.15) is 56.6 Å². The number of carbonyl (C=O) groups excluding carboxylic acids is 2. The molecule has 1 saturated heterocycles. The number of methoxy groups -OCH3 is 1. The van der Waals surface area contributed by atoms with Gasteiger partial charge in [0.1, 0.15) is 18.6 Å². The lowest BCUT2D eigenvalue weighted by Gasteiger charge is -2.33. The lowest BCUT2D eigenvalue weighted by molar-refractivity contribution is 0.0697. The van der Waals surface area contributed by atoms with Gasteiger partial charge in [0.2, 0.25) is 0 Å². The molecular weight excluding hydrogens is 532 g/mol. The van der Waals surface area contributed by atoms with Crippen LogP contribution in [0.25, 0.3) is 0 Å². The molecular formula is C28H34N6O5S. The molecule has 1 atom stereocenters. The van der Waals surface area contributed by atoms with Crippen LogP contribution in [-0.4, -0.2) is 79.9 Å². The van der Waals surface area contributed by atoms with Crippen molar-refractivity contribution in [3.05, 3.63) is 70.8 Å². The molecule has 2 aliphatic rings. The highest BCUT2D eigenvalue weighted by Gasteiger charge is 2.28. The van der Waals surface area contributed by atoms with Crippen LogP contribution in [0, 0.1) is 0 Å². The first kappa shape index (κ1) is 27.9. The van der Waals surface area contributed by atoms with Gasteiger partial charge in [-0.1, -0.05) is 12.1 Å². The number of para-hydroxylation sites is 1. The first-order valence-corrected chi connectivity index (χ1v) is 14.8. The Labute approximate surface area is 236 Å². The van der Waals surface area contributed by atoms with Crippen molar-refractivity contribution in [3.8, 4) is 11.5 Å². The van der Waals surface area contributed by atoms with Gasteiger partial charge in [-0.05, 0) is 37.1 Å². The number of amides is 2. The van der Waals surface area contributed by atoms with Crippen LogP contribution in [0.15, 0.2) is 42.6 Å². The van der Waals surface area contributed by atoms with E-state index < -0.39 is 11.4 Å². The van der Waals surface area contributed by atoms with Gasteiger partial charge < -0.3 is 24.2 Å². The van der Waals surface area contributed by atoms with Gasteiger partial charge >= 0.3 is 0 Å². The van der Waals surface area contributed by atoms with Crippen LogP contribution in [0.3, 0.4) is 0 Å². The molecule has 0 bridgehead atoms. The Morgan fingerprint density at radius 3 is 2.58 bits per heavy atom. The molecule has 1 aromatic carbocycles. The van der Waals surface area contributed by atoms with Crippen molar-refractivity contribution >= 4 is 23.2 Å². The van der Waals surface area contributed by atoms with Crippen LogP contribution < -0.4 is 14.8 Å². The minimum absolute atomic E-state index is 0.0900.